The van der Waals surface area contributed by atoms with Crippen molar-refractivity contribution in [2.24, 2.45) is 5.92 Å². The van der Waals surface area contributed by atoms with Crippen molar-refractivity contribution in [2.75, 3.05) is 32.1 Å². The molecule has 1 atom stereocenters. The first-order valence-corrected chi connectivity index (χ1v) is 12.4. The zero-order valence-corrected chi connectivity index (χ0v) is 20.2. The van der Waals surface area contributed by atoms with E-state index in [0.717, 1.165) is 49.8 Å². The summed E-state index contributed by atoms with van der Waals surface area (Å²) >= 11 is 0. The number of rotatable bonds is 8. The second kappa shape index (κ2) is 11.6. The number of nitrogens with zero attached hydrogens (tertiary/aromatic N) is 2. The molecule has 0 saturated carbocycles. The van der Waals surface area contributed by atoms with E-state index in [1.54, 1.807) is 0 Å². The summed E-state index contributed by atoms with van der Waals surface area (Å²) in [5.74, 6) is -0.717. The maximum Gasteiger partial charge on any atom is 0.306 e. The molecular formula is C27H33F2N3O3. The molecule has 2 aliphatic rings. The summed E-state index contributed by atoms with van der Waals surface area (Å²) in [6, 6.07) is 7.54. The Bertz CT molecular complexity index is 1030. The lowest BCUT2D eigenvalue weighted by atomic mass is 9.82. The minimum atomic E-state index is -0.653. The van der Waals surface area contributed by atoms with E-state index in [0.29, 0.717) is 37.9 Å². The first kappa shape index (κ1) is 25.1. The Hall–Kier alpha value is -3.03. The lowest BCUT2D eigenvalue weighted by Gasteiger charge is -2.34. The first-order chi connectivity index (χ1) is 16.9. The Morgan fingerprint density at radius 1 is 1.17 bits per heavy atom. The molecule has 2 aliphatic heterocycles. The van der Waals surface area contributed by atoms with Crippen LogP contribution < -0.4 is 5.32 Å². The fourth-order valence-corrected chi connectivity index (χ4v) is 5.15. The molecule has 0 bridgehead atoms. The predicted octanol–water partition coefficient (Wildman–Crippen LogP) is 4.63. The van der Waals surface area contributed by atoms with Crippen molar-refractivity contribution >= 4 is 17.7 Å². The lowest BCUT2D eigenvalue weighted by molar-refractivity contribution is -0.141. The van der Waals surface area contributed by atoms with Crippen LogP contribution in [0.4, 0.5) is 14.6 Å². The number of amides is 1. The van der Waals surface area contributed by atoms with Crippen LogP contribution >= 0.6 is 0 Å². The molecule has 0 spiro atoms. The zero-order chi connectivity index (χ0) is 24.8. The number of hydrogen-bond donors (Lipinski definition) is 1. The minimum absolute atomic E-state index is 0.0706. The van der Waals surface area contributed by atoms with Crippen molar-refractivity contribution in [3.8, 4) is 0 Å². The van der Waals surface area contributed by atoms with Gasteiger partial charge in [-0.05, 0) is 79.7 Å². The number of likely N-dealkylation sites (tertiary alicyclic amines) is 1. The van der Waals surface area contributed by atoms with Gasteiger partial charge in [0.15, 0.2) is 0 Å². The van der Waals surface area contributed by atoms with Crippen LogP contribution in [0.3, 0.4) is 0 Å². The quantitative estimate of drug-likeness (QED) is 0.552. The van der Waals surface area contributed by atoms with Crippen LogP contribution in [0.2, 0.25) is 0 Å². The van der Waals surface area contributed by atoms with Crippen molar-refractivity contribution in [2.45, 2.75) is 57.3 Å². The lowest BCUT2D eigenvalue weighted by Crippen LogP contribution is -2.39. The number of nitrogens with one attached hydrogen (secondary N) is 1. The van der Waals surface area contributed by atoms with Gasteiger partial charge in [0.2, 0.25) is 5.91 Å². The monoisotopic (exact) mass is 485 g/mol. The number of methoxy groups -OCH3 is 1. The van der Waals surface area contributed by atoms with E-state index in [-0.39, 0.29) is 24.2 Å². The molecule has 4 rings (SSSR count). The maximum atomic E-state index is 13.8. The minimum Gasteiger partial charge on any atom is -0.469 e. The Morgan fingerprint density at radius 3 is 2.63 bits per heavy atom. The molecule has 0 radical (unpaired) electrons. The maximum absolute atomic E-state index is 13.8. The number of fused-ring (bicyclic) bond motifs is 1. The second-order valence-corrected chi connectivity index (χ2v) is 9.58. The van der Waals surface area contributed by atoms with Gasteiger partial charge in [-0.25, -0.2) is 13.8 Å². The van der Waals surface area contributed by atoms with E-state index in [1.807, 2.05) is 11.0 Å². The third-order valence-corrected chi connectivity index (χ3v) is 7.13. The predicted molar refractivity (Wildman–Crippen MR) is 129 cm³/mol. The molecule has 1 aromatic carbocycles. The highest BCUT2D eigenvalue weighted by Crippen LogP contribution is 2.33. The van der Waals surface area contributed by atoms with Gasteiger partial charge in [0.1, 0.15) is 17.5 Å². The average Bonchev–Trinajstić information content (AvgIpc) is 2.86. The van der Waals surface area contributed by atoms with Crippen molar-refractivity contribution in [1.29, 1.82) is 0 Å². The molecule has 6 nitrogen and oxygen atoms in total. The van der Waals surface area contributed by atoms with Crippen LogP contribution in [-0.2, 0) is 27.2 Å². The molecule has 35 heavy (non-hydrogen) atoms. The van der Waals surface area contributed by atoms with Gasteiger partial charge >= 0.3 is 5.97 Å². The second-order valence-electron chi connectivity index (χ2n) is 9.58. The molecule has 1 amide bonds. The SMILES string of the molecule is COC(=O)CC(CC1CCN(C(=O)CCc2ccc3c(n2)NCCC3)CC1)c1cc(F)cc(F)c1. The third kappa shape index (κ3) is 6.77. The Morgan fingerprint density at radius 2 is 1.91 bits per heavy atom. The number of anilines is 1. The highest BCUT2D eigenvalue weighted by atomic mass is 19.1. The number of ether oxygens (including phenoxy) is 1. The number of piperidine rings is 1. The molecule has 2 aromatic rings. The number of pyridine rings is 1. The molecule has 8 heteroatoms. The van der Waals surface area contributed by atoms with Crippen LogP contribution in [0.25, 0.3) is 0 Å². The Kier molecular flexibility index (Phi) is 8.31. The Balaban J connectivity index is 1.29. The number of carbonyl (C=O) groups excluding carboxylic acids is 2. The van der Waals surface area contributed by atoms with E-state index in [2.05, 4.69) is 16.4 Å². The topological polar surface area (TPSA) is 71.5 Å². The summed E-state index contributed by atoms with van der Waals surface area (Å²) < 4.78 is 32.4. The molecule has 3 heterocycles. The van der Waals surface area contributed by atoms with Crippen LogP contribution in [0.5, 0.6) is 0 Å². The zero-order valence-electron chi connectivity index (χ0n) is 20.2. The standard InChI is InChI=1S/C27H33F2N3O3/c1-35-26(34)16-20(21-14-22(28)17-23(29)15-21)13-18-8-11-32(12-9-18)25(33)7-6-24-5-4-19-3-2-10-30-27(19)31-24/h4-5,14-15,17-18,20H,2-3,6-13,16H2,1H3,(H,30,31). The molecular weight excluding hydrogens is 452 g/mol. The van der Waals surface area contributed by atoms with Gasteiger partial charge in [-0.3, -0.25) is 9.59 Å². The number of halogens is 2. The van der Waals surface area contributed by atoms with E-state index in [9.17, 15) is 18.4 Å². The van der Waals surface area contributed by atoms with Crippen LogP contribution in [-0.4, -0.2) is 48.5 Å². The van der Waals surface area contributed by atoms with Crippen molar-refractivity contribution < 1.29 is 23.1 Å². The number of benzene rings is 1. The third-order valence-electron chi connectivity index (χ3n) is 7.13. The van der Waals surface area contributed by atoms with Crippen molar-refractivity contribution in [1.82, 2.24) is 9.88 Å². The van der Waals surface area contributed by atoms with Gasteiger partial charge in [-0.15, -0.1) is 0 Å². The fraction of sp³-hybridized carbons (Fsp3) is 0.519. The van der Waals surface area contributed by atoms with E-state index in [1.165, 1.54) is 24.8 Å². The summed E-state index contributed by atoms with van der Waals surface area (Å²) in [7, 11) is 1.31. The Labute approximate surface area is 205 Å². The number of aromatic nitrogens is 1. The largest absolute Gasteiger partial charge is 0.469 e. The van der Waals surface area contributed by atoms with E-state index in [4.69, 9.17) is 4.74 Å². The van der Waals surface area contributed by atoms with Gasteiger partial charge in [-0.2, -0.15) is 0 Å². The van der Waals surface area contributed by atoms with Gasteiger partial charge in [0.05, 0.1) is 13.5 Å². The molecule has 1 unspecified atom stereocenters. The van der Waals surface area contributed by atoms with Crippen LogP contribution in [0.1, 0.15) is 61.3 Å². The summed E-state index contributed by atoms with van der Waals surface area (Å²) in [6.07, 6.45) is 5.46. The normalized spacial score (nSPS) is 16.8. The molecule has 1 fully saturated rings. The fourth-order valence-electron chi connectivity index (χ4n) is 5.15. The van der Waals surface area contributed by atoms with E-state index < -0.39 is 17.6 Å². The first-order valence-electron chi connectivity index (χ1n) is 12.4. The summed E-state index contributed by atoms with van der Waals surface area (Å²) in [6.45, 7) is 2.22. The highest BCUT2D eigenvalue weighted by Gasteiger charge is 2.27. The van der Waals surface area contributed by atoms with Crippen LogP contribution in [0.15, 0.2) is 30.3 Å². The molecule has 0 aliphatic carbocycles. The molecule has 1 saturated heterocycles. The van der Waals surface area contributed by atoms with Gasteiger partial charge < -0.3 is 15.0 Å². The molecule has 1 aromatic heterocycles. The number of carbonyl (C=O) groups is 2. The number of hydrogen-bond acceptors (Lipinski definition) is 5. The molecule has 188 valence electrons. The highest BCUT2D eigenvalue weighted by molar-refractivity contribution is 5.76. The van der Waals surface area contributed by atoms with Crippen LogP contribution in [0, 0.1) is 17.6 Å². The van der Waals surface area contributed by atoms with Gasteiger partial charge in [0, 0.05) is 37.8 Å². The summed E-state index contributed by atoms with van der Waals surface area (Å²) in [5, 5.41) is 3.33. The summed E-state index contributed by atoms with van der Waals surface area (Å²) in [5.41, 5.74) is 2.63. The number of esters is 1. The number of aryl methyl sites for hydroxylation is 2. The van der Waals surface area contributed by atoms with Gasteiger partial charge in [-0.1, -0.05) is 6.07 Å². The van der Waals surface area contributed by atoms with Crippen molar-refractivity contribution in [3.63, 3.8) is 0 Å². The summed E-state index contributed by atoms with van der Waals surface area (Å²) in [4.78, 5) is 31.3. The smallest absolute Gasteiger partial charge is 0.306 e. The van der Waals surface area contributed by atoms with Crippen molar-refractivity contribution in [3.05, 3.63) is 58.8 Å². The molecule has 1 N–H and O–H groups in total. The van der Waals surface area contributed by atoms with Gasteiger partial charge in [0.25, 0.3) is 0 Å². The van der Waals surface area contributed by atoms with E-state index >= 15 is 0 Å². The average molecular weight is 486 g/mol.